The minimum absolute atomic E-state index is 0.0363. The van der Waals surface area contributed by atoms with Crippen molar-refractivity contribution in [2.45, 2.75) is 84.6 Å². The van der Waals surface area contributed by atoms with Gasteiger partial charge in [0.25, 0.3) is 10.0 Å². The summed E-state index contributed by atoms with van der Waals surface area (Å²) in [5, 5.41) is 0. The summed E-state index contributed by atoms with van der Waals surface area (Å²) in [7, 11) is -3.61. The Morgan fingerprint density at radius 1 is 1.13 bits per heavy atom. The first-order valence-electron chi connectivity index (χ1n) is 10.3. The molecule has 1 heterocycles. The van der Waals surface area contributed by atoms with E-state index in [2.05, 4.69) is 4.72 Å². The van der Waals surface area contributed by atoms with Crippen LogP contribution in [0.2, 0.25) is 0 Å². The number of hydrogen-bond donors (Lipinski definition) is 1. The first-order chi connectivity index (χ1) is 13.8. The van der Waals surface area contributed by atoms with Crippen molar-refractivity contribution < 1.29 is 13.2 Å². The molecule has 0 aliphatic carbocycles. The van der Waals surface area contributed by atoms with Crippen molar-refractivity contribution in [2.24, 2.45) is 0 Å². The van der Waals surface area contributed by atoms with Crippen molar-refractivity contribution >= 4 is 27.3 Å². The lowest BCUT2D eigenvalue weighted by Crippen LogP contribution is -2.40. The number of aryl methyl sites for hydroxylation is 1. The smallest absolute Gasteiger partial charge is 0.251 e. The lowest BCUT2D eigenvalue weighted by atomic mass is 10.1. The van der Waals surface area contributed by atoms with Crippen LogP contribution in [-0.2, 0) is 21.4 Å². The monoisotopic (exact) mass is 452 g/mol. The maximum Gasteiger partial charge on any atom is 0.251 e. The van der Waals surface area contributed by atoms with E-state index < -0.39 is 15.6 Å². The van der Waals surface area contributed by atoms with Crippen molar-refractivity contribution in [3.05, 3.63) is 40.8 Å². The Balaban J connectivity index is 0.00000218. The van der Waals surface area contributed by atoms with E-state index in [1.165, 1.54) is 11.3 Å². The van der Waals surface area contributed by atoms with Crippen molar-refractivity contribution in [1.82, 2.24) is 9.62 Å². The molecule has 0 unspecified atom stereocenters. The molecule has 1 N–H and O–H groups in total. The molecule has 0 saturated heterocycles. The van der Waals surface area contributed by atoms with Gasteiger partial charge >= 0.3 is 0 Å². The second kappa shape index (κ2) is 10.6. The van der Waals surface area contributed by atoms with Crippen molar-refractivity contribution in [3.8, 4) is 11.1 Å². The molecule has 0 saturated carbocycles. The summed E-state index contributed by atoms with van der Waals surface area (Å²) < 4.78 is 28.8. The van der Waals surface area contributed by atoms with E-state index in [0.717, 1.165) is 16.0 Å². The normalized spacial score (nSPS) is 11.8. The van der Waals surface area contributed by atoms with Gasteiger partial charge < -0.3 is 4.90 Å². The Morgan fingerprint density at radius 2 is 1.67 bits per heavy atom. The van der Waals surface area contributed by atoms with Gasteiger partial charge in [0, 0.05) is 35.5 Å². The third kappa shape index (κ3) is 7.22. The first kappa shape index (κ1) is 26.3. The Bertz CT molecular complexity index is 938. The van der Waals surface area contributed by atoms with Crippen LogP contribution in [0, 0.1) is 6.92 Å². The number of sulfonamides is 1. The van der Waals surface area contributed by atoms with Crippen LogP contribution in [0.1, 0.15) is 65.8 Å². The van der Waals surface area contributed by atoms with Crippen LogP contribution in [0.3, 0.4) is 0 Å². The zero-order chi connectivity index (χ0) is 23.3. The topological polar surface area (TPSA) is 66.5 Å². The largest absolute Gasteiger partial charge is 0.336 e. The highest BCUT2D eigenvalue weighted by atomic mass is 32.2. The summed E-state index contributed by atoms with van der Waals surface area (Å²) in [5.41, 5.74) is 2.02. The van der Waals surface area contributed by atoms with Crippen molar-refractivity contribution in [3.63, 3.8) is 0 Å². The lowest BCUT2D eigenvalue weighted by molar-refractivity contribution is -0.131. The third-order valence-corrected chi connectivity index (χ3v) is 7.49. The number of carbonyl (C=O) groups excluding carboxylic acids is 1. The molecule has 1 aromatic carbocycles. The molecule has 0 radical (unpaired) electrons. The van der Waals surface area contributed by atoms with E-state index in [1.54, 1.807) is 11.8 Å². The molecule has 30 heavy (non-hydrogen) atoms. The van der Waals surface area contributed by atoms with Crippen LogP contribution in [0.25, 0.3) is 11.1 Å². The predicted molar refractivity (Wildman–Crippen MR) is 127 cm³/mol. The van der Waals surface area contributed by atoms with E-state index in [0.29, 0.717) is 16.3 Å². The van der Waals surface area contributed by atoms with Gasteiger partial charge in [-0.2, -0.15) is 0 Å². The van der Waals surface area contributed by atoms with Gasteiger partial charge in [-0.25, -0.2) is 13.1 Å². The molecular formula is C23H36N2O3S2. The molecule has 2 aromatic rings. The van der Waals surface area contributed by atoms with E-state index in [9.17, 15) is 13.2 Å². The average molecular weight is 453 g/mol. The van der Waals surface area contributed by atoms with E-state index >= 15 is 0 Å². The predicted octanol–water partition coefficient (Wildman–Crippen LogP) is 5.58. The molecule has 0 aliphatic rings. The zero-order valence-electron chi connectivity index (χ0n) is 19.7. The van der Waals surface area contributed by atoms with Crippen LogP contribution >= 0.6 is 11.3 Å². The second-order valence-corrected chi connectivity index (χ2v) is 11.5. The Morgan fingerprint density at radius 3 is 2.10 bits per heavy atom. The number of nitrogens with zero attached hydrogens (tertiary/aromatic N) is 1. The summed E-state index contributed by atoms with van der Waals surface area (Å²) in [5.74, 6) is 0.0363. The highest BCUT2D eigenvalue weighted by Crippen LogP contribution is 2.35. The zero-order valence-corrected chi connectivity index (χ0v) is 21.3. The van der Waals surface area contributed by atoms with Gasteiger partial charge in [0.05, 0.1) is 0 Å². The molecule has 0 aliphatic heterocycles. The quantitative estimate of drug-likeness (QED) is 0.622. The van der Waals surface area contributed by atoms with Crippen LogP contribution in [0.5, 0.6) is 0 Å². The summed E-state index contributed by atoms with van der Waals surface area (Å²) >= 11 is 1.28. The minimum Gasteiger partial charge on any atom is -0.336 e. The molecular weight excluding hydrogens is 416 g/mol. The van der Waals surface area contributed by atoms with Crippen molar-refractivity contribution in [1.29, 1.82) is 0 Å². The maximum atomic E-state index is 12.9. The SMILES string of the molecule is CC.CC(=O)N(Cc1ccc(-c2cc(C)sc2S(=O)(=O)NC(C)(C)C)cc1)C(C)C. The Kier molecular flexibility index (Phi) is 9.26. The molecule has 7 heteroatoms. The standard InChI is InChI=1S/C21H30N2O3S2.C2H6/c1-14(2)23(16(4)24)13-17-8-10-18(11-9-17)19-12-15(3)27-20(19)28(25,26)22-21(5,6)7;1-2/h8-12,14,22H,13H2,1-7H3;1-2H3. The van der Waals surface area contributed by atoms with Crippen LogP contribution in [-0.4, -0.2) is 30.8 Å². The fourth-order valence-electron chi connectivity index (χ4n) is 2.99. The van der Waals surface area contributed by atoms with Crippen molar-refractivity contribution in [2.75, 3.05) is 0 Å². The van der Waals surface area contributed by atoms with Gasteiger partial charge in [-0.3, -0.25) is 4.79 Å². The molecule has 0 atom stereocenters. The molecule has 0 spiro atoms. The fraction of sp³-hybridized carbons (Fsp3) is 0.522. The van der Waals surface area contributed by atoms with Gasteiger partial charge in [0.2, 0.25) is 5.91 Å². The van der Waals surface area contributed by atoms with Crippen LogP contribution in [0.4, 0.5) is 0 Å². The number of rotatable bonds is 6. The van der Waals surface area contributed by atoms with E-state index in [4.69, 9.17) is 0 Å². The average Bonchev–Trinajstić information content (AvgIpc) is 3.02. The number of carbonyl (C=O) groups is 1. The fourth-order valence-corrected chi connectivity index (χ4v) is 6.07. The minimum atomic E-state index is -3.61. The first-order valence-corrected chi connectivity index (χ1v) is 12.6. The third-order valence-electron chi connectivity index (χ3n) is 4.15. The number of thiophene rings is 1. The number of benzene rings is 1. The van der Waals surface area contributed by atoms with Crippen LogP contribution < -0.4 is 4.72 Å². The molecule has 1 aromatic heterocycles. The van der Waals surface area contributed by atoms with Gasteiger partial charge in [0.1, 0.15) is 4.21 Å². The van der Waals surface area contributed by atoms with Gasteiger partial charge in [-0.05, 0) is 58.7 Å². The van der Waals surface area contributed by atoms with E-state index in [1.807, 2.05) is 85.7 Å². The van der Waals surface area contributed by atoms with Gasteiger partial charge in [0.15, 0.2) is 0 Å². The number of amides is 1. The summed E-state index contributed by atoms with van der Waals surface area (Å²) in [6.45, 7) is 17.5. The lowest BCUT2D eigenvalue weighted by Gasteiger charge is -2.25. The Hall–Kier alpha value is -1.70. The molecule has 168 valence electrons. The molecule has 2 rings (SSSR count). The summed E-state index contributed by atoms with van der Waals surface area (Å²) in [6.07, 6.45) is 0. The van der Waals surface area contributed by atoms with Crippen LogP contribution in [0.15, 0.2) is 34.5 Å². The van der Waals surface area contributed by atoms with Gasteiger partial charge in [-0.1, -0.05) is 38.1 Å². The maximum absolute atomic E-state index is 12.9. The molecule has 1 amide bonds. The highest BCUT2D eigenvalue weighted by molar-refractivity contribution is 7.91. The molecule has 5 nitrogen and oxygen atoms in total. The molecule has 0 fully saturated rings. The summed E-state index contributed by atoms with van der Waals surface area (Å²) in [6, 6.07) is 9.78. The highest BCUT2D eigenvalue weighted by Gasteiger charge is 2.27. The summed E-state index contributed by atoms with van der Waals surface area (Å²) in [4.78, 5) is 14.5. The second-order valence-electron chi connectivity index (χ2n) is 8.35. The van der Waals surface area contributed by atoms with Gasteiger partial charge in [-0.15, -0.1) is 11.3 Å². The Labute approximate surface area is 186 Å². The number of hydrogen-bond acceptors (Lipinski definition) is 4. The molecule has 0 bridgehead atoms. The van der Waals surface area contributed by atoms with E-state index in [-0.39, 0.29) is 11.9 Å². The number of nitrogens with one attached hydrogen (secondary N) is 1.